The predicted octanol–water partition coefficient (Wildman–Crippen LogP) is 2.64. The Kier molecular flexibility index (Phi) is 4.55. The first-order valence-electron chi connectivity index (χ1n) is 7.35. The number of aromatic nitrogens is 3. The number of aryl methyl sites for hydroxylation is 1. The van der Waals surface area contributed by atoms with Gasteiger partial charge >= 0.3 is 0 Å². The third kappa shape index (κ3) is 3.27. The first-order chi connectivity index (χ1) is 10.3. The van der Waals surface area contributed by atoms with Gasteiger partial charge in [0.2, 0.25) is 11.7 Å². The van der Waals surface area contributed by atoms with Crippen LogP contribution in [-0.2, 0) is 0 Å². The quantitative estimate of drug-likeness (QED) is 0.916. The minimum absolute atomic E-state index is 0.299. The lowest BCUT2D eigenvalue weighted by molar-refractivity contribution is 0.339. The zero-order chi connectivity index (χ0) is 14.7. The van der Waals surface area contributed by atoms with Crippen LogP contribution in [0.15, 0.2) is 22.9 Å². The Morgan fingerprint density at radius 1 is 1.43 bits per heavy atom. The van der Waals surface area contributed by atoms with E-state index in [1.165, 1.54) is 0 Å². The van der Waals surface area contributed by atoms with E-state index in [1.807, 2.05) is 30.8 Å². The van der Waals surface area contributed by atoms with Gasteiger partial charge in [0.05, 0.1) is 5.92 Å². The van der Waals surface area contributed by atoms with Crippen molar-refractivity contribution in [1.82, 2.24) is 20.4 Å². The highest BCUT2D eigenvalue weighted by Gasteiger charge is 2.33. The molecule has 0 amide bonds. The smallest absolute Gasteiger partial charge is 0.232 e. The molecule has 1 aliphatic rings. The Bertz CT molecular complexity index is 601. The molecule has 0 bridgehead atoms. The number of rotatable bonds is 5. The summed E-state index contributed by atoms with van der Waals surface area (Å²) in [6.45, 7) is 5.24. The number of thioether (sulfide) groups is 1. The first-order valence-corrected chi connectivity index (χ1v) is 8.51. The summed E-state index contributed by atoms with van der Waals surface area (Å²) in [7, 11) is 0. The minimum Gasteiger partial charge on any atom is -0.339 e. The topological polar surface area (TPSA) is 63.8 Å². The van der Waals surface area contributed by atoms with Gasteiger partial charge in [0.15, 0.2) is 0 Å². The van der Waals surface area contributed by atoms with E-state index in [0.29, 0.717) is 17.8 Å². The summed E-state index contributed by atoms with van der Waals surface area (Å²) in [6.07, 6.45) is 2.91. The highest BCUT2D eigenvalue weighted by molar-refractivity contribution is 7.99. The first kappa shape index (κ1) is 14.5. The molecular formula is C15H20N4OS. The maximum atomic E-state index is 5.50. The van der Waals surface area contributed by atoms with Crippen molar-refractivity contribution in [3.8, 4) is 11.5 Å². The average Bonchev–Trinajstić information content (AvgIpc) is 3.13. The van der Waals surface area contributed by atoms with E-state index in [0.717, 1.165) is 41.6 Å². The Morgan fingerprint density at radius 3 is 3.14 bits per heavy atom. The molecule has 1 N–H and O–H groups in total. The molecule has 1 fully saturated rings. The molecule has 112 valence electrons. The van der Waals surface area contributed by atoms with Gasteiger partial charge in [0, 0.05) is 23.7 Å². The van der Waals surface area contributed by atoms with Crippen molar-refractivity contribution in [1.29, 1.82) is 0 Å². The molecule has 0 spiro atoms. The van der Waals surface area contributed by atoms with E-state index >= 15 is 0 Å². The lowest BCUT2D eigenvalue weighted by Gasteiger charge is -2.16. The van der Waals surface area contributed by atoms with Gasteiger partial charge in [-0.25, -0.2) is 0 Å². The lowest BCUT2D eigenvalue weighted by Crippen LogP contribution is -2.34. The van der Waals surface area contributed by atoms with Gasteiger partial charge in [-0.1, -0.05) is 12.1 Å². The van der Waals surface area contributed by atoms with Crippen molar-refractivity contribution >= 4 is 11.8 Å². The van der Waals surface area contributed by atoms with Crippen LogP contribution in [-0.4, -0.2) is 39.2 Å². The predicted molar refractivity (Wildman–Crippen MR) is 84.4 cm³/mol. The van der Waals surface area contributed by atoms with E-state index in [4.69, 9.17) is 4.52 Å². The number of nitrogens with one attached hydrogen (secondary N) is 1. The van der Waals surface area contributed by atoms with Gasteiger partial charge in [-0.15, -0.1) is 0 Å². The van der Waals surface area contributed by atoms with Crippen molar-refractivity contribution in [2.45, 2.75) is 32.2 Å². The molecule has 2 aromatic rings. The van der Waals surface area contributed by atoms with E-state index in [-0.39, 0.29) is 0 Å². The summed E-state index contributed by atoms with van der Waals surface area (Å²) in [5.41, 5.74) is 1.92. The van der Waals surface area contributed by atoms with Crippen LogP contribution in [0.3, 0.4) is 0 Å². The van der Waals surface area contributed by atoms with Crippen LogP contribution < -0.4 is 5.32 Å². The molecule has 3 rings (SSSR count). The van der Waals surface area contributed by atoms with Gasteiger partial charge in [0.25, 0.3) is 0 Å². The van der Waals surface area contributed by atoms with Crippen LogP contribution in [0.4, 0.5) is 0 Å². The van der Waals surface area contributed by atoms with E-state index in [9.17, 15) is 0 Å². The monoisotopic (exact) mass is 304 g/mol. The molecule has 0 radical (unpaired) electrons. The largest absolute Gasteiger partial charge is 0.339 e. The highest BCUT2D eigenvalue weighted by Crippen LogP contribution is 2.32. The summed E-state index contributed by atoms with van der Waals surface area (Å²) >= 11 is 1.94. The fourth-order valence-electron chi connectivity index (χ4n) is 2.48. The Morgan fingerprint density at radius 2 is 2.33 bits per heavy atom. The summed E-state index contributed by atoms with van der Waals surface area (Å²) < 4.78 is 5.50. The summed E-state index contributed by atoms with van der Waals surface area (Å²) in [6, 6.07) is 4.36. The zero-order valence-electron chi connectivity index (χ0n) is 12.4. The highest BCUT2D eigenvalue weighted by atomic mass is 32.2. The van der Waals surface area contributed by atoms with Gasteiger partial charge < -0.3 is 9.84 Å². The second-order valence-corrected chi connectivity index (χ2v) is 6.45. The summed E-state index contributed by atoms with van der Waals surface area (Å²) in [5.74, 6) is 3.74. The number of hydrogen-bond donors (Lipinski definition) is 1. The Balaban J connectivity index is 1.78. The van der Waals surface area contributed by atoms with Gasteiger partial charge in [-0.05, 0) is 37.6 Å². The van der Waals surface area contributed by atoms with E-state index < -0.39 is 0 Å². The molecule has 2 aromatic heterocycles. The number of hydrogen-bond acceptors (Lipinski definition) is 6. The average molecular weight is 304 g/mol. The fourth-order valence-corrected chi connectivity index (χ4v) is 3.85. The molecule has 0 aromatic carbocycles. The molecule has 2 unspecified atom stereocenters. The Hall–Kier alpha value is -1.40. The number of nitrogens with zero attached hydrogens (tertiary/aromatic N) is 3. The summed E-state index contributed by atoms with van der Waals surface area (Å²) in [5, 5.41) is 7.67. The molecule has 0 saturated carbocycles. The molecule has 1 saturated heterocycles. The normalized spacial score (nSPS) is 21.8. The number of pyridine rings is 1. The molecule has 1 aliphatic heterocycles. The van der Waals surface area contributed by atoms with Gasteiger partial charge in [0.1, 0.15) is 5.69 Å². The second kappa shape index (κ2) is 6.58. The van der Waals surface area contributed by atoms with Crippen LogP contribution in [0.1, 0.15) is 30.7 Å². The van der Waals surface area contributed by atoms with Crippen LogP contribution in [0, 0.1) is 6.92 Å². The van der Waals surface area contributed by atoms with E-state index in [1.54, 1.807) is 6.20 Å². The lowest BCUT2D eigenvalue weighted by atomic mass is 10.0. The Labute approximate surface area is 128 Å². The second-order valence-electron chi connectivity index (χ2n) is 5.38. The molecule has 0 aliphatic carbocycles. The third-order valence-electron chi connectivity index (χ3n) is 3.64. The zero-order valence-corrected chi connectivity index (χ0v) is 13.2. The molecule has 6 heteroatoms. The van der Waals surface area contributed by atoms with Gasteiger partial charge in [-0.2, -0.15) is 16.7 Å². The minimum atomic E-state index is 0.299. The van der Waals surface area contributed by atoms with Gasteiger partial charge in [-0.3, -0.25) is 4.98 Å². The third-order valence-corrected chi connectivity index (χ3v) is 4.83. The maximum absolute atomic E-state index is 5.50. The maximum Gasteiger partial charge on any atom is 0.232 e. The van der Waals surface area contributed by atoms with Crippen LogP contribution in [0.2, 0.25) is 0 Å². The summed E-state index contributed by atoms with van der Waals surface area (Å²) in [4.78, 5) is 8.88. The molecule has 5 nitrogen and oxygen atoms in total. The molecule has 21 heavy (non-hydrogen) atoms. The standard InChI is InChI=1S/C15H20N4OS/c1-3-5-16-13-9-21-8-11(13)15-18-14(19-20-15)12-7-10(2)4-6-17-12/h4,6-7,11,13,16H,3,5,8-9H2,1-2H3. The van der Waals surface area contributed by atoms with Crippen molar-refractivity contribution in [2.75, 3.05) is 18.1 Å². The molecule has 3 heterocycles. The van der Waals surface area contributed by atoms with Crippen molar-refractivity contribution in [3.63, 3.8) is 0 Å². The molecule has 2 atom stereocenters. The molecular weight excluding hydrogens is 284 g/mol. The van der Waals surface area contributed by atoms with Crippen molar-refractivity contribution in [3.05, 3.63) is 29.8 Å². The van der Waals surface area contributed by atoms with Crippen LogP contribution in [0.5, 0.6) is 0 Å². The van der Waals surface area contributed by atoms with E-state index in [2.05, 4.69) is 27.4 Å². The SMILES string of the molecule is CCCNC1CSCC1c1nc(-c2cc(C)ccn2)no1. The van der Waals surface area contributed by atoms with Crippen molar-refractivity contribution < 1.29 is 4.52 Å². The van der Waals surface area contributed by atoms with Crippen LogP contribution >= 0.6 is 11.8 Å². The van der Waals surface area contributed by atoms with Crippen molar-refractivity contribution in [2.24, 2.45) is 0 Å². The van der Waals surface area contributed by atoms with Crippen LogP contribution in [0.25, 0.3) is 11.5 Å². The fraction of sp³-hybridized carbons (Fsp3) is 0.533.